The van der Waals surface area contributed by atoms with Crippen LogP contribution in [-0.2, 0) is 28.4 Å². The Morgan fingerprint density at radius 2 is 1.65 bits per heavy atom. The summed E-state index contributed by atoms with van der Waals surface area (Å²) in [5.41, 5.74) is 0.624. The predicted octanol–water partition coefficient (Wildman–Crippen LogP) is 4.13. The Balaban J connectivity index is 0.00000341. The number of benzene rings is 1. The summed E-state index contributed by atoms with van der Waals surface area (Å²) in [4.78, 5) is 43.9. The summed E-state index contributed by atoms with van der Waals surface area (Å²) in [6.45, 7) is 0.0669. The third-order valence-electron chi connectivity index (χ3n) is 4.16. The minimum atomic E-state index is -1.07. The number of carbonyl (C=O) groups is 2. The van der Waals surface area contributed by atoms with Crippen molar-refractivity contribution in [2.75, 3.05) is 0 Å². The molecule has 0 N–H and O–H groups in total. The zero-order valence-electron chi connectivity index (χ0n) is 16.1. The van der Waals surface area contributed by atoms with Crippen LogP contribution in [0, 0.1) is 10.1 Å². The van der Waals surface area contributed by atoms with Gasteiger partial charge >= 0.3 is 17.1 Å². The Morgan fingerprint density at radius 3 is 2.29 bits per heavy atom. The number of aromatic nitrogens is 2. The van der Waals surface area contributed by atoms with E-state index in [0.717, 1.165) is 0 Å². The van der Waals surface area contributed by atoms with E-state index < -0.39 is 22.8 Å². The summed E-state index contributed by atoms with van der Waals surface area (Å²) in [5, 5.41) is 19.4. The fourth-order valence-electron chi connectivity index (χ4n) is 2.75. The Bertz CT molecular complexity index is 1030. The van der Waals surface area contributed by atoms with Crippen molar-refractivity contribution in [1.29, 1.82) is 0 Å². The van der Waals surface area contributed by atoms with Gasteiger partial charge < -0.3 is 20.2 Å². The van der Waals surface area contributed by atoms with Gasteiger partial charge in [-0.3, -0.25) is 20.1 Å². The third-order valence-corrected chi connectivity index (χ3v) is 4.16. The van der Waals surface area contributed by atoms with Crippen molar-refractivity contribution in [3.05, 3.63) is 111 Å². The van der Waals surface area contributed by atoms with Crippen LogP contribution in [0.1, 0.15) is 34.2 Å². The van der Waals surface area contributed by atoms with Crippen molar-refractivity contribution in [3.63, 3.8) is 0 Å². The molecule has 0 saturated carbocycles. The van der Waals surface area contributed by atoms with Gasteiger partial charge in [0.1, 0.15) is 5.91 Å². The van der Waals surface area contributed by atoms with Gasteiger partial charge in [-0.1, -0.05) is 42.9 Å². The van der Waals surface area contributed by atoms with Crippen LogP contribution in [0.3, 0.4) is 0 Å². The van der Waals surface area contributed by atoms with Gasteiger partial charge in [0, 0.05) is 29.7 Å². The number of hydrogen-bond donors (Lipinski definition) is 0. The maximum absolute atomic E-state index is 12.5. The molecule has 1 atom stereocenters. The summed E-state index contributed by atoms with van der Waals surface area (Å²) >= 11 is 0. The van der Waals surface area contributed by atoms with E-state index in [9.17, 15) is 19.7 Å². The van der Waals surface area contributed by atoms with Crippen LogP contribution in [0.4, 0.5) is 5.69 Å². The molecule has 0 fully saturated rings. The molecule has 0 bridgehead atoms. The van der Waals surface area contributed by atoms with Crippen LogP contribution in [0.2, 0.25) is 0 Å². The first-order chi connectivity index (χ1) is 14.5. The number of nitro benzene ring substituents is 1. The van der Waals surface area contributed by atoms with Gasteiger partial charge in [-0.05, 0) is 30.7 Å². The van der Waals surface area contributed by atoms with E-state index in [1.165, 1.54) is 30.5 Å². The summed E-state index contributed by atoms with van der Waals surface area (Å²) in [6, 6.07) is 14.8. The molecule has 3 rings (SSSR count). The number of hydrogen-bond acceptors (Lipinski definition) is 6. The number of amides is 2. The van der Waals surface area contributed by atoms with E-state index in [-0.39, 0.29) is 47.0 Å². The number of carbonyl (C=O) groups excluding carboxylic acids is 2. The van der Waals surface area contributed by atoms with Crippen LogP contribution in [0.5, 0.6) is 0 Å². The van der Waals surface area contributed by atoms with Crippen molar-refractivity contribution >= 4 is 17.5 Å². The van der Waals surface area contributed by atoms with Crippen molar-refractivity contribution in [2.24, 2.45) is 0 Å². The minimum Gasteiger partial charge on any atom is -0.649 e. The third kappa shape index (κ3) is 6.70. The predicted molar refractivity (Wildman–Crippen MR) is 109 cm³/mol. The fraction of sp³-hybridized carbons (Fsp3) is 0.143. The molecule has 9 nitrogen and oxygen atoms in total. The fourth-order valence-corrected chi connectivity index (χ4v) is 2.75. The summed E-state index contributed by atoms with van der Waals surface area (Å²) in [6.07, 6.45) is 2.73. The van der Waals surface area contributed by atoms with Crippen LogP contribution < -0.4 is 0 Å². The van der Waals surface area contributed by atoms with E-state index in [1.54, 1.807) is 42.6 Å². The minimum absolute atomic E-state index is 0. The average molecular weight is 459 g/mol. The molecule has 158 valence electrons. The first kappa shape index (κ1) is 23.7. The van der Waals surface area contributed by atoms with Gasteiger partial charge in [-0.2, -0.15) is 0 Å². The summed E-state index contributed by atoms with van der Waals surface area (Å²) in [5.74, 6) is -1.21. The van der Waals surface area contributed by atoms with Crippen molar-refractivity contribution in [3.8, 4) is 0 Å². The Kier molecular flexibility index (Phi) is 8.80. The largest absolute Gasteiger partial charge is 2.00 e. The molecule has 2 aromatic heterocycles. The molecule has 31 heavy (non-hydrogen) atoms. The van der Waals surface area contributed by atoms with E-state index in [4.69, 9.17) is 0 Å². The molecule has 0 aliphatic carbocycles. The molecular weight excluding hydrogens is 442 g/mol. The van der Waals surface area contributed by atoms with Crippen LogP contribution in [0.25, 0.3) is 10.6 Å². The Morgan fingerprint density at radius 1 is 0.968 bits per heavy atom. The SMILES string of the molecule is O=C(CC([N-]C(=O)c1ccccn1)c1ccccc1[N+](=O)[O-])[N-]Cc1ccccn1.[Fe+2]. The maximum atomic E-state index is 12.5. The standard InChI is InChI=1S/C21H19N5O4.Fe/c27-20(24-14-15-7-3-5-11-22-15)13-18(16-8-1-2-10-19(16)26(29)30)25-21(28)17-9-4-6-12-23-17;/h1-12,18H,13-14H2,(H2,24,25,27,28);/q;+2/p-2. The molecule has 0 saturated heterocycles. The molecule has 0 aliphatic rings. The molecule has 2 heterocycles. The Hall–Kier alpha value is -3.62. The number of rotatable bonds is 8. The first-order valence-electron chi connectivity index (χ1n) is 9.04. The first-order valence-corrected chi connectivity index (χ1v) is 9.04. The summed E-state index contributed by atoms with van der Waals surface area (Å²) in [7, 11) is 0. The average Bonchev–Trinajstić information content (AvgIpc) is 2.78. The van der Waals surface area contributed by atoms with Crippen LogP contribution >= 0.6 is 0 Å². The second-order valence-corrected chi connectivity index (χ2v) is 6.22. The van der Waals surface area contributed by atoms with E-state index in [1.807, 2.05) is 0 Å². The number of nitrogens with zero attached hydrogens (tertiary/aromatic N) is 5. The normalized spacial score (nSPS) is 11.0. The van der Waals surface area contributed by atoms with Crippen molar-refractivity contribution in [1.82, 2.24) is 9.97 Å². The quantitative estimate of drug-likeness (QED) is 0.283. The monoisotopic (exact) mass is 459 g/mol. The van der Waals surface area contributed by atoms with Gasteiger partial charge in [0.25, 0.3) is 5.69 Å². The second-order valence-electron chi connectivity index (χ2n) is 6.22. The van der Waals surface area contributed by atoms with E-state index in [0.29, 0.717) is 5.69 Å². The van der Waals surface area contributed by atoms with E-state index >= 15 is 0 Å². The maximum Gasteiger partial charge on any atom is 2.00 e. The molecule has 3 aromatic rings. The number of para-hydroxylation sites is 1. The zero-order chi connectivity index (χ0) is 21.3. The molecule has 1 unspecified atom stereocenters. The van der Waals surface area contributed by atoms with Gasteiger partial charge in [-0.25, -0.2) is 0 Å². The summed E-state index contributed by atoms with van der Waals surface area (Å²) < 4.78 is 0. The van der Waals surface area contributed by atoms with Gasteiger partial charge in [0.05, 0.1) is 16.5 Å². The van der Waals surface area contributed by atoms with Gasteiger partial charge in [0.15, 0.2) is 0 Å². The molecule has 2 amide bonds. The van der Waals surface area contributed by atoms with Crippen LogP contribution in [0.15, 0.2) is 73.1 Å². The second kappa shape index (κ2) is 11.5. The number of nitro groups is 1. The Labute approximate surface area is 188 Å². The smallest absolute Gasteiger partial charge is 0.649 e. The van der Waals surface area contributed by atoms with Crippen molar-refractivity contribution < 1.29 is 31.6 Å². The molecule has 10 heteroatoms. The molecule has 1 aromatic carbocycles. The van der Waals surface area contributed by atoms with Crippen molar-refractivity contribution in [2.45, 2.75) is 19.0 Å². The van der Waals surface area contributed by atoms with Gasteiger partial charge in [0.2, 0.25) is 0 Å². The molecule has 0 spiro atoms. The number of pyridine rings is 2. The molecule has 0 aliphatic heterocycles. The molecule has 0 radical (unpaired) electrons. The van der Waals surface area contributed by atoms with Gasteiger partial charge in [-0.15, -0.1) is 0 Å². The van der Waals surface area contributed by atoms with Crippen LogP contribution in [-0.4, -0.2) is 26.7 Å². The zero-order valence-corrected chi connectivity index (χ0v) is 17.2. The van der Waals surface area contributed by atoms with E-state index in [2.05, 4.69) is 20.6 Å². The molecular formula is C21H17FeN5O4. The topological polar surface area (TPSA) is 131 Å².